The van der Waals surface area contributed by atoms with Crippen molar-refractivity contribution in [3.05, 3.63) is 59.7 Å². The quantitative estimate of drug-likeness (QED) is 0.0692. The molecule has 0 spiro atoms. The summed E-state index contributed by atoms with van der Waals surface area (Å²) in [6.07, 6.45) is -0.395. The maximum absolute atomic E-state index is 13.1. The predicted molar refractivity (Wildman–Crippen MR) is 214 cm³/mol. The van der Waals surface area contributed by atoms with Crippen LogP contribution in [0.2, 0.25) is 0 Å². The van der Waals surface area contributed by atoms with Gasteiger partial charge in [0.15, 0.2) is 6.61 Å². The predicted octanol–water partition coefficient (Wildman–Crippen LogP) is 7.28. The van der Waals surface area contributed by atoms with Gasteiger partial charge in [0.05, 0.1) is 18.6 Å². The van der Waals surface area contributed by atoms with Crippen LogP contribution in [-0.2, 0) is 25.6 Å². The Balaban J connectivity index is 1.29. The monoisotopic (exact) mass is 845 g/mol. The van der Waals surface area contributed by atoms with E-state index >= 15 is 0 Å². The highest BCUT2D eigenvalue weighted by Gasteiger charge is 2.42. The van der Waals surface area contributed by atoms with Crippen LogP contribution >= 0.6 is 0 Å². The van der Waals surface area contributed by atoms with E-state index in [1.165, 1.54) is 29.2 Å². The van der Waals surface area contributed by atoms with Crippen molar-refractivity contribution in [1.29, 1.82) is 0 Å². The molecular formula is C41H54F3N7O9. The first kappa shape index (κ1) is 46.8. The number of amides is 2. The highest BCUT2D eigenvalue weighted by molar-refractivity contribution is 5.95. The molecule has 2 amide bonds. The molecule has 1 aliphatic heterocycles. The molecule has 16 nitrogen and oxygen atoms in total. The standard InChI is InChI=1S/C41H54F3N7O9/c1-39(2,3)59-32(52)12-10-8-7-9-11-21-57-29-19-13-26(14-20-29)22-45-35-48-36(50-37(49-35)58-25-41(42,43)44)46-28-17-15-27(16-18-28)33(53)47-31-24-51(23-30(31)34(54)55)38(56)60-40(4,5)6/h13-20,30-31H,7-12,21-25H2,1-6H3,(H,47,53)(H,54,55)(H2,45,46,48,49,50)/t30?,31-/m0/s1. The third-order valence-corrected chi connectivity index (χ3v) is 8.58. The Hall–Kier alpha value is -5.88. The zero-order valence-corrected chi connectivity index (χ0v) is 34.7. The number of esters is 1. The molecular weight excluding hydrogens is 791 g/mol. The fourth-order valence-corrected chi connectivity index (χ4v) is 5.83. The van der Waals surface area contributed by atoms with E-state index in [4.69, 9.17) is 18.9 Å². The molecule has 1 aliphatic rings. The highest BCUT2D eigenvalue weighted by Crippen LogP contribution is 2.24. The lowest BCUT2D eigenvalue weighted by Crippen LogP contribution is -2.43. The maximum atomic E-state index is 13.1. The summed E-state index contributed by atoms with van der Waals surface area (Å²) >= 11 is 0. The zero-order valence-electron chi connectivity index (χ0n) is 34.7. The van der Waals surface area contributed by atoms with Crippen molar-refractivity contribution in [2.24, 2.45) is 5.92 Å². The van der Waals surface area contributed by atoms with E-state index in [9.17, 15) is 37.5 Å². The second-order valence-electron chi connectivity index (χ2n) is 16.2. The van der Waals surface area contributed by atoms with E-state index in [2.05, 4.69) is 30.9 Å². The fraction of sp³-hybridized carbons (Fsp3) is 0.537. The molecule has 0 bridgehead atoms. The zero-order chi connectivity index (χ0) is 44.1. The lowest BCUT2D eigenvalue weighted by atomic mass is 10.0. The molecule has 2 heterocycles. The average Bonchev–Trinajstić information content (AvgIpc) is 3.58. The minimum Gasteiger partial charge on any atom is -0.494 e. The van der Waals surface area contributed by atoms with Gasteiger partial charge in [0.1, 0.15) is 17.0 Å². The van der Waals surface area contributed by atoms with Gasteiger partial charge in [-0.25, -0.2) is 4.79 Å². The minimum atomic E-state index is -4.64. The van der Waals surface area contributed by atoms with E-state index < -0.39 is 59.9 Å². The Labute approximate surface area is 346 Å². The highest BCUT2D eigenvalue weighted by atomic mass is 19.4. The van der Waals surface area contributed by atoms with E-state index in [1.807, 2.05) is 32.9 Å². The van der Waals surface area contributed by atoms with Gasteiger partial charge < -0.3 is 44.9 Å². The molecule has 1 saturated heterocycles. The van der Waals surface area contributed by atoms with Crippen LogP contribution in [-0.4, -0.2) is 98.6 Å². The number of rotatable bonds is 19. The summed E-state index contributed by atoms with van der Waals surface area (Å²) in [6.45, 7) is 9.52. The van der Waals surface area contributed by atoms with E-state index in [1.54, 1.807) is 32.9 Å². The molecule has 0 radical (unpaired) electrons. The molecule has 2 atom stereocenters. The number of nitrogens with zero attached hydrogens (tertiary/aromatic N) is 4. The number of alkyl halides is 3. The summed E-state index contributed by atoms with van der Waals surface area (Å²) in [4.78, 5) is 62.9. The molecule has 19 heteroatoms. The number of ether oxygens (including phenoxy) is 4. The van der Waals surface area contributed by atoms with E-state index in [-0.39, 0.29) is 43.1 Å². The van der Waals surface area contributed by atoms with Crippen LogP contribution in [0.1, 0.15) is 96.0 Å². The van der Waals surface area contributed by atoms with Crippen LogP contribution in [0, 0.1) is 5.92 Å². The minimum absolute atomic E-state index is 0.0613. The Morgan fingerprint density at radius 3 is 2.05 bits per heavy atom. The number of carbonyl (C=O) groups is 4. The number of likely N-dealkylation sites (tertiary alicyclic amines) is 1. The third-order valence-electron chi connectivity index (χ3n) is 8.58. The van der Waals surface area contributed by atoms with Crippen molar-refractivity contribution in [2.45, 2.75) is 110 Å². The van der Waals surface area contributed by atoms with Gasteiger partial charge >= 0.3 is 30.2 Å². The lowest BCUT2D eigenvalue weighted by Gasteiger charge is -2.24. The second-order valence-corrected chi connectivity index (χ2v) is 16.2. The van der Waals surface area contributed by atoms with Crippen LogP contribution in [0.4, 0.5) is 35.5 Å². The number of halogens is 3. The molecule has 4 rings (SSSR count). The fourth-order valence-electron chi connectivity index (χ4n) is 5.83. The number of anilines is 3. The number of aromatic nitrogens is 3. The normalized spacial score (nSPS) is 15.5. The number of unbranched alkanes of at least 4 members (excludes halogenated alkanes) is 4. The summed E-state index contributed by atoms with van der Waals surface area (Å²) in [5.41, 5.74) is 0.0771. The van der Waals surface area contributed by atoms with Gasteiger partial charge in [0.25, 0.3) is 5.91 Å². The SMILES string of the molecule is CC(C)(C)OC(=O)CCCCCCCOc1ccc(CNc2nc(Nc3ccc(C(=O)N[C@H]4CN(C(=O)OC(C)(C)C)CC4C(=O)O)cc3)nc(OCC(F)(F)F)n2)cc1. The van der Waals surface area contributed by atoms with Gasteiger partial charge in [-0.05, 0) is 96.3 Å². The van der Waals surface area contributed by atoms with Crippen LogP contribution < -0.4 is 25.4 Å². The Morgan fingerprint density at radius 1 is 0.783 bits per heavy atom. The molecule has 0 saturated carbocycles. The first-order valence-corrected chi connectivity index (χ1v) is 19.6. The molecule has 1 aromatic heterocycles. The van der Waals surface area contributed by atoms with Gasteiger partial charge in [0, 0.05) is 37.3 Å². The number of carboxylic acids is 1. The summed E-state index contributed by atoms with van der Waals surface area (Å²) in [5, 5.41) is 18.3. The smallest absolute Gasteiger partial charge is 0.422 e. The maximum Gasteiger partial charge on any atom is 0.422 e. The second kappa shape index (κ2) is 20.9. The molecule has 1 unspecified atom stereocenters. The number of hydrogen-bond acceptors (Lipinski definition) is 13. The number of nitrogens with one attached hydrogen (secondary N) is 3. The first-order chi connectivity index (χ1) is 28.1. The van der Waals surface area contributed by atoms with Gasteiger partial charge in [0.2, 0.25) is 11.9 Å². The molecule has 4 N–H and O–H groups in total. The van der Waals surface area contributed by atoms with Gasteiger partial charge in [-0.15, -0.1) is 0 Å². The van der Waals surface area contributed by atoms with Gasteiger partial charge in [-0.2, -0.15) is 28.1 Å². The molecule has 1 fully saturated rings. The van der Waals surface area contributed by atoms with Crippen molar-refractivity contribution in [3.63, 3.8) is 0 Å². The molecule has 328 valence electrons. The van der Waals surface area contributed by atoms with Crippen molar-refractivity contribution in [1.82, 2.24) is 25.2 Å². The largest absolute Gasteiger partial charge is 0.494 e. The Kier molecular flexibility index (Phi) is 16.3. The lowest BCUT2D eigenvalue weighted by molar-refractivity contribution is -0.155. The number of aliphatic carboxylic acids is 1. The average molecular weight is 846 g/mol. The summed E-state index contributed by atoms with van der Waals surface area (Å²) in [7, 11) is 0. The first-order valence-electron chi connectivity index (χ1n) is 19.6. The van der Waals surface area contributed by atoms with Gasteiger partial charge in [-0.3, -0.25) is 14.4 Å². The summed E-state index contributed by atoms with van der Waals surface area (Å²) in [6, 6.07) is 11.7. The molecule has 2 aromatic carbocycles. The number of carboxylic acid groups (broad SMARTS) is 1. The molecule has 60 heavy (non-hydrogen) atoms. The van der Waals surface area contributed by atoms with Crippen molar-refractivity contribution in [2.75, 3.05) is 36.9 Å². The summed E-state index contributed by atoms with van der Waals surface area (Å²) < 4.78 is 60.3. The van der Waals surface area contributed by atoms with Crippen LogP contribution in [0.25, 0.3) is 0 Å². The van der Waals surface area contributed by atoms with Crippen molar-refractivity contribution < 1.29 is 56.4 Å². The molecule has 0 aliphatic carbocycles. The van der Waals surface area contributed by atoms with Crippen molar-refractivity contribution in [3.8, 4) is 11.8 Å². The molecule has 3 aromatic rings. The number of hydrogen-bond donors (Lipinski definition) is 4. The number of benzene rings is 2. The Morgan fingerprint density at radius 2 is 1.42 bits per heavy atom. The number of carbonyl (C=O) groups excluding carboxylic acids is 3. The van der Waals surface area contributed by atoms with Crippen molar-refractivity contribution >= 4 is 41.5 Å². The third kappa shape index (κ3) is 16.8. The van der Waals surface area contributed by atoms with Crippen LogP contribution in [0.15, 0.2) is 48.5 Å². The topological polar surface area (TPSA) is 203 Å². The van der Waals surface area contributed by atoms with Gasteiger partial charge in [-0.1, -0.05) is 31.4 Å². The van der Waals surface area contributed by atoms with Crippen LogP contribution in [0.3, 0.4) is 0 Å². The van der Waals surface area contributed by atoms with E-state index in [0.717, 1.165) is 37.7 Å². The Bertz CT molecular complexity index is 1900. The van der Waals surface area contributed by atoms with E-state index in [0.29, 0.717) is 24.5 Å². The summed E-state index contributed by atoms with van der Waals surface area (Å²) in [5.74, 6) is -2.54. The van der Waals surface area contributed by atoms with Crippen LogP contribution in [0.5, 0.6) is 11.8 Å².